The summed E-state index contributed by atoms with van der Waals surface area (Å²) in [6, 6.07) is 4.31. The third-order valence-corrected chi connectivity index (χ3v) is 2.62. The number of hydrogen-bond donors (Lipinski definition) is 1. The van der Waals surface area contributed by atoms with Crippen molar-refractivity contribution in [2.75, 3.05) is 5.32 Å². The summed E-state index contributed by atoms with van der Waals surface area (Å²) in [6.45, 7) is 5.87. The van der Waals surface area contributed by atoms with Crippen molar-refractivity contribution in [2.45, 2.75) is 25.8 Å². The summed E-state index contributed by atoms with van der Waals surface area (Å²) < 4.78 is 1.63. The van der Waals surface area contributed by atoms with Crippen molar-refractivity contribution in [3.05, 3.63) is 43.6 Å². The van der Waals surface area contributed by atoms with Crippen LogP contribution in [-0.2, 0) is 0 Å². The van der Waals surface area contributed by atoms with Crippen LogP contribution in [0.5, 0.6) is 0 Å². The number of nitrogens with one attached hydrogen (secondary N) is 1. The molecule has 2 heterocycles. The largest absolute Gasteiger partial charge is 0.381 e. The van der Waals surface area contributed by atoms with E-state index in [-0.39, 0.29) is 0 Å². The SMILES string of the molecule is C=CCCC(C)Nc1ccc(-n2cncn2)nc1. The van der Waals surface area contributed by atoms with Gasteiger partial charge in [-0.15, -0.1) is 6.58 Å². The maximum Gasteiger partial charge on any atom is 0.155 e. The molecule has 94 valence electrons. The van der Waals surface area contributed by atoms with Gasteiger partial charge in [0.25, 0.3) is 0 Å². The fraction of sp³-hybridized carbons (Fsp3) is 0.308. The Balaban J connectivity index is 1.97. The van der Waals surface area contributed by atoms with E-state index in [1.54, 1.807) is 17.2 Å². The van der Waals surface area contributed by atoms with Gasteiger partial charge in [-0.3, -0.25) is 0 Å². The molecular formula is C13H17N5. The molecule has 0 aliphatic carbocycles. The average molecular weight is 243 g/mol. The second kappa shape index (κ2) is 5.95. The second-order valence-electron chi connectivity index (χ2n) is 4.16. The predicted octanol–water partition coefficient (Wildman–Crippen LogP) is 2.43. The van der Waals surface area contributed by atoms with Gasteiger partial charge >= 0.3 is 0 Å². The fourth-order valence-corrected chi connectivity index (χ4v) is 1.66. The molecule has 2 rings (SSSR count). The lowest BCUT2D eigenvalue weighted by atomic mass is 10.2. The summed E-state index contributed by atoms with van der Waals surface area (Å²) in [5.74, 6) is 0.761. The highest BCUT2D eigenvalue weighted by Gasteiger charge is 2.02. The number of aromatic nitrogens is 4. The van der Waals surface area contributed by atoms with E-state index in [4.69, 9.17) is 0 Å². The van der Waals surface area contributed by atoms with Crippen molar-refractivity contribution >= 4 is 5.69 Å². The zero-order chi connectivity index (χ0) is 12.8. The fourth-order valence-electron chi connectivity index (χ4n) is 1.66. The lowest BCUT2D eigenvalue weighted by molar-refractivity contribution is 0.718. The van der Waals surface area contributed by atoms with Crippen LogP contribution in [0.15, 0.2) is 43.6 Å². The van der Waals surface area contributed by atoms with Gasteiger partial charge in [0.05, 0.1) is 11.9 Å². The van der Waals surface area contributed by atoms with E-state index in [1.807, 2.05) is 18.2 Å². The summed E-state index contributed by atoms with van der Waals surface area (Å²) in [4.78, 5) is 8.22. The van der Waals surface area contributed by atoms with Crippen LogP contribution in [0.2, 0.25) is 0 Å². The van der Waals surface area contributed by atoms with E-state index >= 15 is 0 Å². The first-order chi connectivity index (χ1) is 8.79. The zero-order valence-corrected chi connectivity index (χ0v) is 10.5. The molecular weight excluding hydrogens is 226 g/mol. The predicted molar refractivity (Wildman–Crippen MR) is 71.7 cm³/mol. The molecule has 0 aliphatic rings. The zero-order valence-electron chi connectivity index (χ0n) is 10.5. The molecule has 0 bridgehead atoms. The summed E-state index contributed by atoms with van der Waals surface area (Å²) in [5.41, 5.74) is 1.01. The van der Waals surface area contributed by atoms with Gasteiger partial charge in [0.2, 0.25) is 0 Å². The maximum atomic E-state index is 4.33. The van der Waals surface area contributed by atoms with Crippen LogP contribution in [0.1, 0.15) is 19.8 Å². The van der Waals surface area contributed by atoms with Crippen molar-refractivity contribution in [3.8, 4) is 5.82 Å². The first kappa shape index (κ1) is 12.3. The monoisotopic (exact) mass is 243 g/mol. The van der Waals surface area contributed by atoms with Crippen molar-refractivity contribution in [1.82, 2.24) is 19.7 Å². The Morgan fingerprint density at radius 2 is 2.39 bits per heavy atom. The Hall–Kier alpha value is -2.17. The van der Waals surface area contributed by atoms with Gasteiger partial charge in [0, 0.05) is 6.04 Å². The summed E-state index contributed by atoms with van der Waals surface area (Å²) in [5, 5.41) is 7.42. The molecule has 1 atom stereocenters. The van der Waals surface area contributed by atoms with Gasteiger partial charge in [-0.1, -0.05) is 6.08 Å². The van der Waals surface area contributed by atoms with Crippen LogP contribution < -0.4 is 5.32 Å². The van der Waals surface area contributed by atoms with Crippen molar-refractivity contribution in [3.63, 3.8) is 0 Å². The molecule has 5 heteroatoms. The van der Waals surface area contributed by atoms with Crippen LogP contribution in [0.25, 0.3) is 5.82 Å². The molecule has 18 heavy (non-hydrogen) atoms. The number of pyridine rings is 1. The summed E-state index contributed by atoms with van der Waals surface area (Å²) in [7, 11) is 0. The van der Waals surface area contributed by atoms with Crippen molar-refractivity contribution in [1.29, 1.82) is 0 Å². The molecule has 1 N–H and O–H groups in total. The molecule has 0 radical (unpaired) electrons. The molecule has 0 fully saturated rings. The minimum absolute atomic E-state index is 0.405. The second-order valence-corrected chi connectivity index (χ2v) is 4.16. The maximum absolute atomic E-state index is 4.33. The van der Waals surface area contributed by atoms with Crippen molar-refractivity contribution in [2.24, 2.45) is 0 Å². The van der Waals surface area contributed by atoms with Gasteiger partial charge in [0.15, 0.2) is 5.82 Å². The van der Waals surface area contributed by atoms with Gasteiger partial charge in [-0.2, -0.15) is 5.10 Å². The van der Waals surface area contributed by atoms with E-state index in [0.29, 0.717) is 6.04 Å². The highest BCUT2D eigenvalue weighted by atomic mass is 15.3. The number of rotatable bonds is 6. The summed E-state index contributed by atoms with van der Waals surface area (Å²) in [6.07, 6.45) is 8.94. The Morgan fingerprint density at radius 3 is 3.00 bits per heavy atom. The number of nitrogens with zero attached hydrogens (tertiary/aromatic N) is 4. The molecule has 1 unspecified atom stereocenters. The van der Waals surface area contributed by atoms with Crippen molar-refractivity contribution < 1.29 is 0 Å². The number of anilines is 1. The van der Waals surface area contributed by atoms with E-state index in [0.717, 1.165) is 24.3 Å². The first-order valence-electron chi connectivity index (χ1n) is 5.98. The number of hydrogen-bond acceptors (Lipinski definition) is 4. The van der Waals surface area contributed by atoms with Crippen LogP contribution >= 0.6 is 0 Å². The Kier molecular flexibility index (Phi) is 4.06. The molecule has 0 saturated heterocycles. The first-order valence-corrected chi connectivity index (χ1v) is 5.98. The molecule has 0 amide bonds. The molecule has 5 nitrogen and oxygen atoms in total. The Labute approximate surface area is 107 Å². The average Bonchev–Trinajstić information content (AvgIpc) is 2.91. The third kappa shape index (κ3) is 3.16. The number of allylic oxidation sites excluding steroid dienone is 1. The van der Waals surface area contributed by atoms with Gasteiger partial charge in [-0.25, -0.2) is 14.6 Å². The van der Waals surface area contributed by atoms with Gasteiger partial charge in [-0.05, 0) is 31.9 Å². The Morgan fingerprint density at radius 1 is 1.50 bits per heavy atom. The van der Waals surface area contributed by atoms with Crippen LogP contribution in [-0.4, -0.2) is 25.8 Å². The normalized spacial score (nSPS) is 12.1. The van der Waals surface area contributed by atoms with Gasteiger partial charge < -0.3 is 5.32 Å². The lowest BCUT2D eigenvalue weighted by Crippen LogP contribution is -2.14. The van der Waals surface area contributed by atoms with Crippen LogP contribution in [0.4, 0.5) is 5.69 Å². The lowest BCUT2D eigenvalue weighted by Gasteiger charge is -2.14. The van der Waals surface area contributed by atoms with E-state index in [2.05, 4.69) is 33.9 Å². The van der Waals surface area contributed by atoms with Gasteiger partial charge in [0.1, 0.15) is 12.7 Å². The topological polar surface area (TPSA) is 55.6 Å². The quantitative estimate of drug-likeness (QED) is 0.792. The molecule has 2 aromatic rings. The smallest absolute Gasteiger partial charge is 0.155 e. The highest BCUT2D eigenvalue weighted by Crippen LogP contribution is 2.11. The van der Waals surface area contributed by atoms with Crippen LogP contribution in [0, 0.1) is 0 Å². The third-order valence-electron chi connectivity index (χ3n) is 2.62. The van der Waals surface area contributed by atoms with E-state index in [1.165, 1.54) is 6.33 Å². The standard InChI is InChI=1S/C13H17N5/c1-3-4-5-11(2)17-12-6-7-13(15-8-12)18-10-14-9-16-18/h3,6-11,17H,1,4-5H2,2H3. The molecule has 0 aromatic carbocycles. The summed E-state index contributed by atoms with van der Waals surface area (Å²) >= 11 is 0. The highest BCUT2D eigenvalue weighted by molar-refractivity contribution is 5.44. The van der Waals surface area contributed by atoms with Crippen LogP contribution in [0.3, 0.4) is 0 Å². The minimum Gasteiger partial charge on any atom is -0.381 e. The molecule has 0 aliphatic heterocycles. The molecule has 2 aromatic heterocycles. The Bertz CT molecular complexity index is 475. The molecule has 0 spiro atoms. The minimum atomic E-state index is 0.405. The van der Waals surface area contributed by atoms with E-state index < -0.39 is 0 Å². The van der Waals surface area contributed by atoms with E-state index in [9.17, 15) is 0 Å². The molecule has 0 saturated carbocycles.